The molecule has 0 unspecified atom stereocenters. The molecule has 1 aromatic carbocycles. The van der Waals surface area contributed by atoms with Crippen LogP contribution < -0.4 is 5.32 Å². The highest BCUT2D eigenvalue weighted by Crippen LogP contribution is 2.19. The maximum atomic E-state index is 11.6. The second-order valence-electron chi connectivity index (χ2n) is 4.15. The Hall–Kier alpha value is -1.33. The molecule has 0 saturated carbocycles. The highest BCUT2D eigenvalue weighted by atomic mass is 32.2. The van der Waals surface area contributed by atoms with E-state index in [9.17, 15) is 4.79 Å². The molecule has 2 rings (SSSR count). The first-order valence-corrected chi connectivity index (χ1v) is 7.99. The predicted molar refractivity (Wildman–Crippen MR) is 81.9 cm³/mol. The molecule has 0 aliphatic rings. The Labute approximate surface area is 121 Å². The van der Waals surface area contributed by atoms with Crippen LogP contribution in [-0.4, -0.2) is 16.6 Å². The van der Waals surface area contributed by atoms with E-state index in [0.717, 1.165) is 12.2 Å². The lowest BCUT2D eigenvalue weighted by molar-refractivity contribution is -0.116. The molecule has 3 nitrogen and oxygen atoms in total. The molecule has 0 saturated heterocycles. The number of carbonyl (C=O) groups excluding carboxylic acids is 1. The second-order valence-corrected chi connectivity index (χ2v) is 6.21. The Morgan fingerprint density at radius 3 is 2.84 bits per heavy atom. The van der Waals surface area contributed by atoms with Gasteiger partial charge in [-0.2, -0.15) is 0 Å². The molecule has 0 aliphatic heterocycles. The Morgan fingerprint density at radius 2 is 2.16 bits per heavy atom. The van der Waals surface area contributed by atoms with Crippen LogP contribution >= 0.6 is 23.1 Å². The standard InChI is InChI=1S/C14H16N2OS2/c1-11-4-6-12(7-5-11)18-9-2-3-13(17)16-14-15-8-10-19-14/h4-8,10H,2-3,9H2,1H3,(H,15,16,17). The van der Waals surface area contributed by atoms with Crippen molar-refractivity contribution in [2.75, 3.05) is 11.1 Å². The number of carbonyl (C=O) groups is 1. The van der Waals surface area contributed by atoms with E-state index in [1.54, 1.807) is 18.0 Å². The van der Waals surface area contributed by atoms with Crippen molar-refractivity contribution in [3.05, 3.63) is 41.4 Å². The maximum Gasteiger partial charge on any atom is 0.226 e. The van der Waals surface area contributed by atoms with Crippen molar-refractivity contribution >= 4 is 34.1 Å². The molecule has 1 N–H and O–H groups in total. The van der Waals surface area contributed by atoms with Crippen molar-refractivity contribution in [3.63, 3.8) is 0 Å². The molecule has 0 spiro atoms. The molecule has 0 aliphatic carbocycles. The molecule has 100 valence electrons. The minimum Gasteiger partial charge on any atom is -0.302 e. The number of anilines is 1. The number of nitrogens with one attached hydrogen (secondary N) is 1. The zero-order valence-electron chi connectivity index (χ0n) is 10.8. The quantitative estimate of drug-likeness (QED) is 0.647. The summed E-state index contributed by atoms with van der Waals surface area (Å²) in [6, 6.07) is 8.46. The van der Waals surface area contributed by atoms with E-state index in [-0.39, 0.29) is 5.91 Å². The number of aromatic nitrogens is 1. The van der Waals surface area contributed by atoms with Crippen LogP contribution in [0.2, 0.25) is 0 Å². The average Bonchev–Trinajstić information content (AvgIpc) is 2.89. The number of hydrogen-bond donors (Lipinski definition) is 1. The summed E-state index contributed by atoms with van der Waals surface area (Å²) < 4.78 is 0. The molecular weight excluding hydrogens is 276 g/mol. The fourth-order valence-electron chi connectivity index (χ4n) is 1.52. The van der Waals surface area contributed by atoms with E-state index in [1.165, 1.54) is 21.8 Å². The van der Waals surface area contributed by atoms with E-state index in [0.29, 0.717) is 11.6 Å². The zero-order chi connectivity index (χ0) is 13.5. The van der Waals surface area contributed by atoms with Crippen LogP contribution in [0.4, 0.5) is 5.13 Å². The Balaban J connectivity index is 1.64. The zero-order valence-corrected chi connectivity index (χ0v) is 12.4. The first-order chi connectivity index (χ1) is 9.24. The van der Waals surface area contributed by atoms with E-state index in [2.05, 4.69) is 41.5 Å². The van der Waals surface area contributed by atoms with Crippen LogP contribution in [0.5, 0.6) is 0 Å². The fourth-order valence-corrected chi connectivity index (χ4v) is 2.92. The molecule has 0 fully saturated rings. The average molecular weight is 292 g/mol. The van der Waals surface area contributed by atoms with Crippen molar-refractivity contribution in [1.82, 2.24) is 4.98 Å². The third-order valence-electron chi connectivity index (χ3n) is 2.52. The van der Waals surface area contributed by atoms with E-state index < -0.39 is 0 Å². The summed E-state index contributed by atoms with van der Waals surface area (Å²) in [5.74, 6) is 0.994. The summed E-state index contributed by atoms with van der Waals surface area (Å²) in [5.41, 5.74) is 1.27. The lowest BCUT2D eigenvalue weighted by atomic mass is 10.2. The van der Waals surface area contributed by atoms with Gasteiger partial charge >= 0.3 is 0 Å². The van der Waals surface area contributed by atoms with Gasteiger partial charge in [-0.3, -0.25) is 4.79 Å². The number of thioether (sulfide) groups is 1. The van der Waals surface area contributed by atoms with Crippen molar-refractivity contribution in [2.45, 2.75) is 24.7 Å². The van der Waals surface area contributed by atoms with Gasteiger partial charge in [-0.25, -0.2) is 4.98 Å². The summed E-state index contributed by atoms with van der Waals surface area (Å²) in [6.07, 6.45) is 3.10. The van der Waals surface area contributed by atoms with Gasteiger partial charge in [0.2, 0.25) is 5.91 Å². The van der Waals surface area contributed by atoms with Gasteiger partial charge in [0.1, 0.15) is 0 Å². The third-order valence-corrected chi connectivity index (χ3v) is 4.30. The first kappa shape index (κ1) is 14.1. The summed E-state index contributed by atoms with van der Waals surface area (Å²) in [6.45, 7) is 2.08. The Kier molecular flexibility index (Phi) is 5.42. The van der Waals surface area contributed by atoms with Crippen LogP contribution in [0.3, 0.4) is 0 Å². The van der Waals surface area contributed by atoms with Gasteiger partial charge in [0.05, 0.1) is 0 Å². The van der Waals surface area contributed by atoms with Crippen molar-refractivity contribution in [2.24, 2.45) is 0 Å². The van der Waals surface area contributed by atoms with E-state index in [4.69, 9.17) is 0 Å². The molecule has 19 heavy (non-hydrogen) atoms. The minimum atomic E-state index is 0.0412. The monoisotopic (exact) mass is 292 g/mol. The van der Waals surface area contributed by atoms with Crippen molar-refractivity contribution < 1.29 is 4.79 Å². The highest BCUT2D eigenvalue weighted by Gasteiger charge is 2.03. The molecule has 0 bridgehead atoms. The second kappa shape index (κ2) is 7.31. The van der Waals surface area contributed by atoms with Crippen LogP contribution in [-0.2, 0) is 4.79 Å². The lowest BCUT2D eigenvalue weighted by Gasteiger charge is -2.03. The fraction of sp³-hybridized carbons (Fsp3) is 0.286. The van der Waals surface area contributed by atoms with Crippen molar-refractivity contribution in [1.29, 1.82) is 0 Å². The number of aryl methyl sites for hydroxylation is 1. The highest BCUT2D eigenvalue weighted by molar-refractivity contribution is 7.99. The van der Waals surface area contributed by atoms with Crippen LogP contribution in [0.1, 0.15) is 18.4 Å². The summed E-state index contributed by atoms with van der Waals surface area (Å²) in [7, 11) is 0. The SMILES string of the molecule is Cc1ccc(SCCCC(=O)Nc2nccs2)cc1. The molecule has 0 radical (unpaired) electrons. The number of thiazole rings is 1. The molecule has 2 aromatic rings. The maximum absolute atomic E-state index is 11.6. The Bertz CT molecular complexity index is 509. The van der Waals surface area contributed by atoms with Gasteiger partial charge in [0.25, 0.3) is 0 Å². The first-order valence-electron chi connectivity index (χ1n) is 6.13. The smallest absolute Gasteiger partial charge is 0.226 e. The van der Waals surface area contributed by atoms with E-state index in [1.807, 2.05) is 5.38 Å². The van der Waals surface area contributed by atoms with Gasteiger partial charge in [0.15, 0.2) is 5.13 Å². The Morgan fingerprint density at radius 1 is 1.37 bits per heavy atom. The van der Waals surface area contributed by atoms with Gasteiger partial charge in [0, 0.05) is 22.9 Å². The van der Waals surface area contributed by atoms with Crippen molar-refractivity contribution in [3.8, 4) is 0 Å². The van der Waals surface area contributed by atoms with Gasteiger partial charge in [-0.1, -0.05) is 17.7 Å². The number of nitrogens with zero attached hydrogens (tertiary/aromatic N) is 1. The minimum absolute atomic E-state index is 0.0412. The number of amides is 1. The van der Waals surface area contributed by atoms with Crippen LogP contribution in [0.15, 0.2) is 40.7 Å². The third kappa shape index (κ3) is 5.04. The lowest BCUT2D eigenvalue weighted by Crippen LogP contribution is -2.11. The molecular formula is C14H16N2OS2. The number of rotatable bonds is 6. The summed E-state index contributed by atoms with van der Waals surface area (Å²) in [4.78, 5) is 16.9. The van der Waals surface area contributed by atoms with Gasteiger partial charge < -0.3 is 5.32 Å². The number of benzene rings is 1. The summed E-state index contributed by atoms with van der Waals surface area (Å²) in [5, 5.41) is 5.31. The summed E-state index contributed by atoms with van der Waals surface area (Å²) >= 11 is 3.23. The molecule has 0 atom stereocenters. The molecule has 1 amide bonds. The molecule has 1 aromatic heterocycles. The largest absolute Gasteiger partial charge is 0.302 e. The number of hydrogen-bond acceptors (Lipinski definition) is 4. The van der Waals surface area contributed by atoms with E-state index >= 15 is 0 Å². The topological polar surface area (TPSA) is 42.0 Å². The van der Waals surface area contributed by atoms with Crippen LogP contribution in [0.25, 0.3) is 0 Å². The molecule has 5 heteroatoms. The molecule has 1 heterocycles. The van der Waals surface area contributed by atoms with Crippen LogP contribution in [0, 0.1) is 6.92 Å². The predicted octanol–water partition coefficient (Wildman–Crippen LogP) is 3.96. The van der Waals surface area contributed by atoms with Gasteiger partial charge in [-0.05, 0) is 31.2 Å². The van der Waals surface area contributed by atoms with Gasteiger partial charge in [-0.15, -0.1) is 23.1 Å². The normalized spacial score (nSPS) is 10.4.